The Morgan fingerprint density at radius 2 is 1.83 bits per heavy atom. The summed E-state index contributed by atoms with van der Waals surface area (Å²) in [5.74, 6) is 0. The predicted octanol–water partition coefficient (Wildman–Crippen LogP) is 2.76. The zero-order valence-electron chi connectivity index (χ0n) is 10.4. The second kappa shape index (κ2) is 5.19. The Kier molecular flexibility index (Phi) is 3.44. The number of hydrogen-bond acceptors (Lipinski definition) is 4. The summed E-state index contributed by atoms with van der Waals surface area (Å²) in [5, 5.41) is 12.0. The average molecular weight is 238 g/mol. The summed E-state index contributed by atoms with van der Waals surface area (Å²) in [4.78, 5) is 5.97. The summed E-state index contributed by atoms with van der Waals surface area (Å²) in [6.07, 6.45) is 1.62. The van der Waals surface area contributed by atoms with Gasteiger partial charge in [-0.1, -0.05) is 0 Å². The summed E-state index contributed by atoms with van der Waals surface area (Å²) in [5.41, 5.74) is 3.40. The molecule has 2 aromatic rings. The molecule has 0 aliphatic heterocycles. The van der Waals surface area contributed by atoms with Crippen molar-refractivity contribution in [2.45, 2.75) is 0 Å². The maximum atomic E-state index is 8.78. The highest BCUT2D eigenvalue weighted by Gasteiger charge is 1.98. The van der Waals surface area contributed by atoms with Crippen LogP contribution in [0.1, 0.15) is 5.69 Å². The van der Waals surface area contributed by atoms with Gasteiger partial charge in [-0.15, -0.1) is 0 Å². The number of benzene rings is 1. The van der Waals surface area contributed by atoms with Crippen LogP contribution in [0.2, 0.25) is 0 Å². The van der Waals surface area contributed by atoms with Crippen molar-refractivity contribution < 1.29 is 0 Å². The molecule has 2 rings (SSSR count). The maximum absolute atomic E-state index is 8.78. The van der Waals surface area contributed by atoms with E-state index >= 15 is 0 Å². The van der Waals surface area contributed by atoms with Crippen molar-refractivity contribution in [1.82, 2.24) is 4.98 Å². The zero-order chi connectivity index (χ0) is 13.0. The number of pyridine rings is 1. The molecule has 1 N–H and O–H groups in total. The largest absolute Gasteiger partial charge is 0.378 e. The fourth-order valence-electron chi connectivity index (χ4n) is 1.58. The zero-order valence-corrected chi connectivity index (χ0v) is 10.4. The number of aromatic nitrogens is 1. The molecule has 1 aromatic heterocycles. The molecule has 0 bridgehead atoms. The van der Waals surface area contributed by atoms with Crippen LogP contribution < -0.4 is 10.2 Å². The Balaban J connectivity index is 2.16. The highest BCUT2D eigenvalue weighted by Crippen LogP contribution is 2.20. The third kappa shape index (κ3) is 2.77. The number of nitrogens with one attached hydrogen (secondary N) is 1. The van der Waals surface area contributed by atoms with Gasteiger partial charge in [0.25, 0.3) is 0 Å². The second-order valence-electron chi connectivity index (χ2n) is 4.11. The van der Waals surface area contributed by atoms with Gasteiger partial charge in [0, 0.05) is 37.4 Å². The minimum Gasteiger partial charge on any atom is -0.378 e. The van der Waals surface area contributed by atoms with Crippen LogP contribution in [0.5, 0.6) is 0 Å². The van der Waals surface area contributed by atoms with Gasteiger partial charge < -0.3 is 10.2 Å². The molecule has 4 nitrogen and oxygen atoms in total. The highest BCUT2D eigenvalue weighted by molar-refractivity contribution is 5.63. The lowest BCUT2D eigenvalue weighted by Crippen LogP contribution is -2.08. The number of anilines is 3. The lowest BCUT2D eigenvalue weighted by atomic mass is 10.2. The fourth-order valence-corrected chi connectivity index (χ4v) is 1.58. The molecular weight excluding hydrogens is 224 g/mol. The first-order valence-corrected chi connectivity index (χ1v) is 5.59. The van der Waals surface area contributed by atoms with Crippen molar-refractivity contribution in [3.05, 3.63) is 48.3 Å². The van der Waals surface area contributed by atoms with E-state index in [1.54, 1.807) is 12.3 Å². The van der Waals surface area contributed by atoms with Gasteiger partial charge in [-0.3, -0.25) is 0 Å². The van der Waals surface area contributed by atoms with E-state index in [1.165, 1.54) is 0 Å². The molecule has 1 heterocycles. The van der Waals surface area contributed by atoms with Crippen LogP contribution in [0.25, 0.3) is 0 Å². The molecule has 0 fully saturated rings. The molecule has 0 saturated carbocycles. The van der Waals surface area contributed by atoms with Gasteiger partial charge in [0.05, 0.1) is 0 Å². The third-order valence-electron chi connectivity index (χ3n) is 2.55. The van der Waals surface area contributed by atoms with Gasteiger partial charge in [0.2, 0.25) is 0 Å². The van der Waals surface area contributed by atoms with Crippen molar-refractivity contribution >= 4 is 17.1 Å². The summed E-state index contributed by atoms with van der Waals surface area (Å²) in [6, 6.07) is 13.7. The first kappa shape index (κ1) is 11.9. The van der Waals surface area contributed by atoms with Crippen molar-refractivity contribution in [2.75, 3.05) is 24.3 Å². The van der Waals surface area contributed by atoms with Gasteiger partial charge in [0.1, 0.15) is 11.8 Å². The molecule has 18 heavy (non-hydrogen) atoms. The Hall–Kier alpha value is -2.54. The van der Waals surface area contributed by atoms with E-state index in [0.717, 1.165) is 17.1 Å². The first-order valence-electron chi connectivity index (χ1n) is 5.59. The Labute approximate surface area is 107 Å². The standard InChI is InChI=1S/C14H14N4/c1-18(2)14-5-3-11(4-6-14)17-12-7-8-16-13(9-12)10-15/h3-9H,1-2H3,(H,16,17). The summed E-state index contributed by atoms with van der Waals surface area (Å²) in [7, 11) is 4.01. The molecular formula is C14H14N4. The van der Waals surface area contributed by atoms with E-state index in [2.05, 4.69) is 10.3 Å². The lowest BCUT2D eigenvalue weighted by molar-refractivity contribution is 1.13. The second-order valence-corrected chi connectivity index (χ2v) is 4.11. The Morgan fingerprint density at radius 3 is 2.44 bits per heavy atom. The van der Waals surface area contributed by atoms with Crippen LogP contribution in [0.3, 0.4) is 0 Å². The number of nitrogens with zero attached hydrogens (tertiary/aromatic N) is 3. The minimum absolute atomic E-state index is 0.407. The van der Waals surface area contributed by atoms with Crippen LogP contribution in [0.4, 0.5) is 17.1 Å². The maximum Gasteiger partial charge on any atom is 0.142 e. The minimum atomic E-state index is 0.407. The van der Waals surface area contributed by atoms with Crippen LogP contribution in [-0.2, 0) is 0 Å². The van der Waals surface area contributed by atoms with E-state index in [-0.39, 0.29) is 0 Å². The molecule has 0 amide bonds. The monoisotopic (exact) mass is 238 g/mol. The quantitative estimate of drug-likeness (QED) is 0.893. The summed E-state index contributed by atoms with van der Waals surface area (Å²) < 4.78 is 0. The summed E-state index contributed by atoms with van der Waals surface area (Å²) >= 11 is 0. The molecule has 1 aromatic carbocycles. The molecule has 0 saturated heterocycles. The van der Waals surface area contributed by atoms with Crippen LogP contribution in [0.15, 0.2) is 42.6 Å². The number of rotatable bonds is 3. The Morgan fingerprint density at radius 1 is 1.11 bits per heavy atom. The van der Waals surface area contributed by atoms with E-state index in [9.17, 15) is 0 Å². The SMILES string of the molecule is CN(C)c1ccc(Nc2ccnc(C#N)c2)cc1. The van der Waals surface area contributed by atoms with Gasteiger partial charge in [-0.25, -0.2) is 4.98 Å². The fraction of sp³-hybridized carbons (Fsp3) is 0.143. The molecule has 0 aliphatic carbocycles. The number of hydrogen-bond donors (Lipinski definition) is 1. The van der Waals surface area contributed by atoms with Crippen LogP contribution in [-0.4, -0.2) is 19.1 Å². The normalized spacial score (nSPS) is 9.61. The van der Waals surface area contributed by atoms with Crippen molar-refractivity contribution in [1.29, 1.82) is 5.26 Å². The van der Waals surface area contributed by atoms with E-state index in [4.69, 9.17) is 5.26 Å². The van der Waals surface area contributed by atoms with Crippen LogP contribution in [0, 0.1) is 11.3 Å². The van der Waals surface area contributed by atoms with E-state index < -0.39 is 0 Å². The van der Waals surface area contributed by atoms with E-state index in [1.807, 2.05) is 55.4 Å². The number of nitriles is 1. The third-order valence-corrected chi connectivity index (χ3v) is 2.55. The molecule has 0 spiro atoms. The topological polar surface area (TPSA) is 52.0 Å². The first-order chi connectivity index (χ1) is 8.69. The molecule has 0 aliphatic rings. The van der Waals surface area contributed by atoms with Crippen LogP contribution >= 0.6 is 0 Å². The average Bonchev–Trinajstić information content (AvgIpc) is 2.39. The van der Waals surface area contributed by atoms with Crippen molar-refractivity contribution in [2.24, 2.45) is 0 Å². The smallest absolute Gasteiger partial charge is 0.142 e. The van der Waals surface area contributed by atoms with E-state index in [0.29, 0.717) is 5.69 Å². The van der Waals surface area contributed by atoms with Gasteiger partial charge in [0.15, 0.2) is 0 Å². The van der Waals surface area contributed by atoms with Crippen molar-refractivity contribution in [3.8, 4) is 6.07 Å². The predicted molar refractivity (Wildman–Crippen MR) is 73.0 cm³/mol. The Bertz CT molecular complexity index is 567. The van der Waals surface area contributed by atoms with Gasteiger partial charge in [-0.05, 0) is 36.4 Å². The van der Waals surface area contributed by atoms with Gasteiger partial charge >= 0.3 is 0 Å². The van der Waals surface area contributed by atoms with Gasteiger partial charge in [-0.2, -0.15) is 5.26 Å². The molecule has 4 heteroatoms. The van der Waals surface area contributed by atoms with Crippen molar-refractivity contribution in [3.63, 3.8) is 0 Å². The molecule has 90 valence electrons. The molecule has 0 radical (unpaired) electrons. The molecule has 0 unspecified atom stereocenters. The lowest BCUT2D eigenvalue weighted by Gasteiger charge is -2.13. The molecule has 0 atom stereocenters. The summed E-state index contributed by atoms with van der Waals surface area (Å²) in [6.45, 7) is 0. The highest BCUT2D eigenvalue weighted by atomic mass is 15.1.